The van der Waals surface area contributed by atoms with Gasteiger partial charge in [-0.1, -0.05) is 23.3 Å². The fourth-order valence-corrected chi connectivity index (χ4v) is 5.87. The van der Waals surface area contributed by atoms with Gasteiger partial charge in [-0.3, -0.25) is 14.4 Å². The second-order valence-corrected chi connectivity index (χ2v) is 11.1. The lowest BCUT2D eigenvalue weighted by molar-refractivity contribution is -0.120. The van der Waals surface area contributed by atoms with Gasteiger partial charge in [0, 0.05) is 39.8 Å². The summed E-state index contributed by atoms with van der Waals surface area (Å²) in [6, 6.07) is 2.22. The number of carbonyl (C=O) groups excluding carboxylic acids is 3. The first-order valence-corrected chi connectivity index (χ1v) is 13.2. The van der Waals surface area contributed by atoms with Crippen molar-refractivity contribution in [1.82, 2.24) is 0 Å². The number of hydrogen-bond acceptors (Lipinski definition) is 9. The molecule has 0 spiro atoms. The molecule has 0 aliphatic heterocycles. The number of aliphatic hydroxyl groups is 4. The van der Waals surface area contributed by atoms with E-state index in [4.69, 9.17) is 0 Å². The number of ketones is 3. The largest absolute Gasteiger partial charge is 0.508 e. The molecule has 9 heteroatoms. The fraction of sp³-hybridized carbons (Fsp3) is 0.281. The van der Waals surface area contributed by atoms with Gasteiger partial charge in [-0.25, -0.2) is 0 Å². The minimum atomic E-state index is -1.66. The Balaban J connectivity index is 1.82. The van der Waals surface area contributed by atoms with Crippen LogP contribution < -0.4 is 0 Å². The van der Waals surface area contributed by atoms with Crippen LogP contribution in [-0.4, -0.2) is 54.1 Å². The Bertz CT molecular complexity index is 1690. The number of phenols is 2. The Labute approximate surface area is 235 Å². The number of benzene rings is 1. The number of hydrogen-bond donors (Lipinski definition) is 6. The van der Waals surface area contributed by atoms with Crippen LogP contribution in [0.2, 0.25) is 0 Å². The van der Waals surface area contributed by atoms with Gasteiger partial charge in [0.25, 0.3) is 0 Å². The Morgan fingerprint density at radius 1 is 0.829 bits per heavy atom. The van der Waals surface area contributed by atoms with E-state index >= 15 is 0 Å². The monoisotopic (exact) mass is 558 g/mol. The molecule has 0 bridgehead atoms. The average molecular weight is 559 g/mol. The summed E-state index contributed by atoms with van der Waals surface area (Å²) in [5, 5.41) is 66.1. The van der Waals surface area contributed by atoms with Crippen molar-refractivity contribution in [3.05, 3.63) is 103 Å². The van der Waals surface area contributed by atoms with Gasteiger partial charge in [0.05, 0.1) is 22.8 Å². The topological polar surface area (TPSA) is 173 Å². The molecule has 0 aromatic heterocycles. The van der Waals surface area contributed by atoms with E-state index in [0.29, 0.717) is 0 Å². The summed E-state index contributed by atoms with van der Waals surface area (Å²) < 4.78 is 0. The van der Waals surface area contributed by atoms with Crippen LogP contribution >= 0.6 is 0 Å². The first kappa shape index (κ1) is 28.1. The number of fused-ring (bicyclic) bond motifs is 3. The zero-order valence-electron chi connectivity index (χ0n) is 23.0. The number of rotatable bonds is 5. The van der Waals surface area contributed by atoms with Gasteiger partial charge in [-0.2, -0.15) is 0 Å². The number of aliphatic hydroxyl groups excluding tert-OH is 4. The van der Waals surface area contributed by atoms with Gasteiger partial charge in [0.2, 0.25) is 0 Å². The lowest BCUT2D eigenvalue weighted by Gasteiger charge is -2.29. The lowest BCUT2D eigenvalue weighted by Crippen LogP contribution is -2.31. The third kappa shape index (κ3) is 4.11. The molecule has 2 atom stereocenters. The molecule has 4 aliphatic rings. The van der Waals surface area contributed by atoms with Gasteiger partial charge < -0.3 is 30.6 Å². The van der Waals surface area contributed by atoms with Crippen LogP contribution in [0.25, 0.3) is 0 Å². The van der Waals surface area contributed by atoms with Gasteiger partial charge in [0.15, 0.2) is 17.3 Å². The fourth-order valence-electron chi connectivity index (χ4n) is 5.87. The van der Waals surface area contributed by atoms with Gasteiger partial charge in [0.1, 0.15) is 29.1 Å². The Morgan fingerprint density at radius 2 is 1.46 bits per heavy atom. The highest BCUT2D eigenvalue weighted by Crippen LogP contribution is 2.56. The molecular formula is C32H30O9. The maximum atomic E-state index is 14.0. The summed E-state index contributed by atoms with van der Waals surface area (Å²) >= 11 is 0. The number of allylic oxidation sites excluding steroid dienone is 7. The molecule has 41 heavy (non-hydrogen) atoms. The highest BCUT2D eigenvalue weighted by atomic mass is 16.3. The molecular weight excluding hydrogens is 528 g/mol. The van der Waals surface area contributed by atoms with Crippen molar-refractivity contribution in [2.45, 2.75) is 59.2 Å². The maximum Gasteiger partial charge on any atom is 0.199 e. The summed E-state index contributed by atoms with van der Waals surface area (Å²) in [5.41, 5.74) is -0.449. The van der Waals surface area contributed by atoms with Crippen molar-refractivity contribution in [1.29, 1.82) is 0 Å². The quantitative estimate of drug-likeness (QED) is 0.173. The smallest absolute Gasteiger partial charge is 0.199 e. The molecule has 5 rings (SSSR count). The van der Waals surface area contributed by atoms with Crippen LogP contribution in [0, 0.1) is 0 Å². The highest BCUT2D eigenvalue weighted by molar-refractivity contribution is 6.35. The minimum absolute atomic E-state index is 0.0367. The van der Waals surface area contributed by atoms with E-state index in [-0.39, 0.29) is 57.4 Å². The Morgan fingerprint density at radius 3 is 2.10 bits per heavy atom. The van der Waals surface area contributed by atoms with Gasteiger partial charge in [-0.15, -0.1) is 0 Å². The van der Waals surface area contributed by atoms with Crippen molar-refractivity contribution in [3.63, 3.8) is 0 Å². The maximum absolute atomic E-state index is 14.0. The molecule has 9 nitrogen and oxygen atoms in total. The SMILES string of the molecule is CC(C)=CCC1=C2C(=C3C(=O)C4=C(C(O)=C13)C(O)=C([C@H](O)CC=C(C)C)CC4=O)C(=O)c1c(O)ccc(O)c1C2O. The first-order valence-electron chi connectivity index (χ1n) is 13.2. The molecule has 6 N–H and O–H groups in total. The molecule has 0 amide bonds. The van der Waals surface area contributed by atoms with Crippen LogP contribution in [0.3, 0.4) is 0 Å². The van der Waals surface area contributed by atoms with Gasteiger partial charge in [-0.05, 0) is 58.2 Å². The van der Waals surface area contributed by atoms with Crippen LogP contribution in [0.5, 0.6) is 11.5 Å². The van der Waals surface area contributed by atoms with Crippen molar-refractivity contribution in [3.8, 4) is 11.5 Å². The van der Waals surface area contributed by atoms with Crippen LogP contribution in [0.15, 0.2) is 91.5 Å². The molecule has 0 saturated heterocycles. The van der Waals surface area contributed by atoms with Crippen molar-refractivity contribution >= 4 is 17.3 Å². The van der Waals surface area contributed by atoms with E-state index in [2.05, 4.69) is 0 Å². The summed E-state index contributed by atoms with van der Waals surface area (Å²) in [7, 11) is 0. The van der Waals surface area contributed by atoms with Crippen LogP contribution in [0.4, 0.5) is 0 Å². The molecule has 0 heterocycles. The molecule has 1 unspecified atom stereocenters. The van der Waals surface area contributed by atoms with Crippen molar-refractivity contribution < 1.29 is 45.0 Å². The summed E-state index contributed by atoms with van der Waals surface area (Å²) in [6.07, 6.45) is 0.240. The molecule has 0 fully saturated rings. The van der Waals surface area contributed by atoms with E-state index in [9.17, 15) is 45.0 Å². The van der Waals surface area contributed by atoms with Crippen LogP contribution in [-0.2, 0) is 9.59 Å². The van der Waals surface area contributed by atoms with Crippen molar-refractivity contribution in [2.24, 2.45) is 0 Å². The average Bonchev–Trinajstić information content (AvgIpc) is 3.26. The summed E-state index contributed by atoms with van der Waals surface area (Å²) in [4.78, 5) is 41.2. The van der Waals surface area contributed by atoms with E-state index < -0.39 is 70.1 Å². The van der Waals surface area contributed by atoms with Crippen molar-refractivity contribution in [2.75, 3.05) is 0 Å². The first-order chi connectivity index (χ1) is 19.3. The Kier molecular flexibility index (Phi) is 6.75. The highest BCUT2D eigenvalue weighted by Gasteiger charge is 2.51. The molecule has 0 saturated carbocycles. The summed E-state index contributed by atoms with van der Waals surface area (Å²) in [6.45, 7) is 7.28. The zero-order chi connectivity index (χ0) is 30.1. The van der Waals surface area contributed by atoms with E-state index in [1.165, 1.54) is 0 Å². The predicted octanol–water partition coefficient (Wildman–Crippen LogP) is 4.48. The standard InChI is InChI=1S/C32H30O9/c1-12(2)5-7-14-20-25(31(40)23-18(35)10-9-17(34)22(23)29(20)38)26-21(14)30(39)27-24(32(26)41)19(36)11-15(28(27)37)16(33)8-6-13(3)4/h5-6,9-10,16,29,33-35,37-39H,7-8,11H2,1-4H3/t16-,29?/m1/s1. The third-order valence-corrected chi connectivity index (χ3v) is 7.81. The minimum Gasteiger partial charge on any atom is -0.508 e. The number of aromatic hydroxyl groups is 2. The normalized spacial score (nSPS) is 20.7. The third-order valence-electron chi connectivity index (χ3n) is 7.81. The van der Waals surface area contributed by atoms with E-state index in [1.807, 2.05) is 27.7 Å². The van der Waals surface area contributed by atoms with Crippen LogP contribution in [0.1, 0.15) is 69.0 Å². The van der Waals surface area contributed by atoms with E-state index in [0.717, 1.165) is 23.3 Å². The summed E-state index contributed by atoms with van der Waals surface area (Å²) in [5.74, 6) is -4.74. The molecule has 1 aromatic rings. The number of Topliss-reactive ketones (excluding diaryl/α,β-unsaturated/α-hetero) is 3. The number of phenolic OH excluding ortho intramolecular Hbond substituents is 2. The zero-order valence-corrected chi connectivity index (χ0v) is 23.0. The second-order valence-electron chi connectivity index (χ2n) is 11.1. The lowest BCUT2D eigenvalue weighted by atomic mass is 9.75. The molecule has 4 aliphatic carbocycles. The molecule has 212 valence electrons. The second kappa shape index (κ2) is 9.87. The number of carbonyl (C=O) groups is 3. The molecule has 1 aromatic carbocycles. The van der Waals surface area contributed by atoms with E-state index in [1.54, 1.807) is 12.2 Å². The Hall–Kier alpha value is -4.47. The predicted molar refractivity (Wildman–Crippen MR) is 148 cm³/mol. The van der Waals surface area contributed by atoms with Gasteiger partial charge >= 0.3 is 0 Å². The molecule has 0 radical (unpaired) electrons.